The van der Waals surface area contributed by atoms with Gasteiger partial charge in [-0.2, -0.15) is 0 Å². The number of benzene rings is 1. The highest BCUT2D eigenvalue weighted by atomic mass is 16.5. The number of carbonyl (C=O) groups excluding carboxylic acids is 1. The molecule has 3 rings (SSSR count). The van der Waals surface area contributed by atoms with E-state index in [-0.39, 0.29) is 12.5 Å². The predicted octanol–water partition coefficient (Wildman–Crippen LogP) is 1.45. The van der Waals surface area contributed by atoms with Crippen molar-refractivity contribution in [2.45, 2.75) is 6.42 Å². The topological polar surface area (TPSA) is 58.6 Å². The molecule has 110 valence electrons. The van der Waals surface area contributed by atoms with E-state index in [4.69, 9.17) is 4.74 Å². The number of ether oxygens (including phenoxy) is 1. The number of methoxy groups -OCH3 is 1. The molecule has 2 heterocycles. The zero-order valence-electron chi connectivity index (χ0n) is 12.2. The summed E-state index contributed by atoms with van der Waals surface area (Å²) in [5.74, 6) is 1.28. The molecule has 0 saturated carbocycles. The second-order valence-corrected chi connectivity index (χ2v) is 5.11. The fraction of sp³-hybridized carbons (Fsp3) is 0.400. The fourth-order valence-corrected chi connectivity index (χ4v) is 2.54. The molecule has 21 heavy (non-hydrogen) atoms. The lowest BCUT2D eigenvalue weighted by Crippen LogP contribution is -2.35. The molecule has 6 heteroatoms. The van der Waals surface area contributed by atoms with Crippen LogP contribution in [0.1, 0.15) is 6.42 Å². The number of nitrogens with zero attached hydrogens (tertiary/aromatic N) is 4. The molecule has 1 aromatic heterocycles. The summed E-state index contributed by atoms with van der Waals surface area (Å²) >= 11 is 0. The lowest BCUT2D eigenvalue weighted by atomic mass is 10.3. The average molecular weight is 286 g/mol. The van der Waals surface area contributed by atoms with E-state index in [9.17, 15) is 4.79 Å². The highest BCUT2D eigenvalue weighted by Crippen LogP contribution is 2.30. The van der Waals surface area contributed by atoms with Crippen LogP contribution in [0.3, 0.4) is 0 Å². The first-order valence-electron chi connectivity index (χ1n) is 6.98. The Balaban J connectivity index is 2.14. The van der Waals surface area contributed by atoms with E-state index >= 15 is 0 Å². The second-order valence-electron chi connectivity index (χ2n) is 5.11. The molecular weight excluding hydrogens is 268 g/mol. The fourth-order valence-electron chi connectivity index (χ4n) is 2.54. The van der Waals surface area contributed by atoms with Gasteiger partial charge in [-0.25, -0.2) is 9.97 Å². The van der Waals surface area contributed by atoms with Gasteiger partial charge in [-0.1, -0.05) is 12.1 Å². The van der Waals surface area contributed by atoms with Crippen LogP contribution in [-0.4, -0.2) is 49.7 Å². The summed E-state index contributed by atoms with van der Waals surface area (Å²) in [7, 11) is 3.50. The highest BCUT2D eigenvalue weighted by Gasteiger charge is 2.26. The lowest BCUT2D eigenvalue weighted by molar-refractivity contribution is -0.122. The van der Waals surface area contributed by atoms with Crippen molar-refractivity contribution in [2.75, 3.05) is 43.7 Å². The number of fused-ring (bicyclic) bond motifs is 2. The summed E-state index contributed by atoms with van der Waals surface area (Å²) in [5, 5.41) is 0. The Kier molecular flexibility index (Phi) is 3.70. The molecule has 0 saturated heterocycles. The van der Waals surface area contributed by atoms with Crippen LogP contribution in [0.15, 0.2) is 24.3 Å². The number of anilines is 2. The van der Waals surface area contributed by atoms with Gasteiger partial charge < -0.3 is 9.64 Å². The van der Waals surface area contributed by atoms with Crippen molar-refractivity contribution in [1.29, 1.82) is 0 Å². The largest absolute Gasteiger partial charge is 0.375 e. The molecule has 0 fully saturated rings. The average Bonchev–Trinajstić information content (AvgIpc) is 2.65. The molecule has 0 radical (unpaired) electrons. The first kappa shape index (κ1) is 13.8. The Bertz CT molecular complexity index is 674. The number of rotatable bonds is 2. The van der Waals surface area contributed by atoms with E-state index in [2.05, 4.69) is 14.9 Å². The van der Waals surface area contributed by atoms with Gasteiger partial charge in [0.1, 0.15) is 6.61 Å². The lowest BCUT2D eigenvalue weighted by Gasteiger charge is -2.22. The van der Waals surface area contributed by atoms with Gasteiger partial charge in [-0.05, 0) is 18.6 Å². The minimum Gasteiger partial charge on any atom is -0.375 e. The second kappa shape index (κ2) is 5.65. The van der Waals surface area contributed by atoms with Crippen LogP contribution in [0.25, 0.3) is 11.0 Å². The summed E-state index contributed by atoms with van der Waals surface area (Å²) in [4.78, 5) is 25.3. The third kappa shape index (κ3) is 2.54. The smallest absolute Gasteiger partial charge is 0.254 e. The van der Waals surface area contributed by atoms with Crippen molar-refractivity contribution in [3.63, 3.8) is 0 Å². The van der Waals surface area contributed by atoms with Crippen molar-refractivity contribution >= 4 is 28.6 Å². The summed E-state index contributed by atoms with van der Waals surface area (Å²) in [6, 6.07) is 7.70. The SMILES string of the molecule is COCC(=O)N1CCCN(C)c2nc3ccccc3nc21. The number of hydrogen-bond acceptors (Lipinski definition) is 5. The van der Waals surface area contributed by atoms with Crippen LogP contribution in [-0.2, 0) is 9.53 Å². The van der Waals surface area contributed by atoms with Crippen molar-refractivity contribution in [3.8, 4) is 0 Å². The van der Waals surface area contributed by atoms with Gasteiger partial charge in [0.25, 0.3) is 5.91 Å². The maximum atomic E-state index is 12.3. The third-order valence-electron chi connectivity index (χ3n) is 3.60. The Morgan fingerprint density at radius 1 is 1.19 bits per heavy atom. The standard InChI is InChI=1S/C15H18N4O2/c1-18-8-5-9-19(13(20)10-21-2)15-14(18)16-11-6-3-4-7-12(11)17-15/h3-4,6-7H,5,8-10H2,1-2H3. The zero-order chi connectivity index (χ0) is 14.8. The summed E-state index contributed by atoms with van der Waals surface area (Å²) in [6.45, 7) is 1.53. The Morgan fingerprint density at radius 2 is 1.86 bits per heavy atom. The van der Waals surface area contributed by atoms with E-state index < -0.39 is 0 Å². The number of amides is 1. The first-order chi connectivity index (χ1) is 10.2. The molecule has 0 spiro atoms. The Labute approximate surface area is 123 Å². The van der Waals surface area contributed by atoms with Gasteiger partial charge >= 0.3 is 0 Å². The monoisotopic (exact) mass is 286 g/mol. The minimum absolute atomic E-state index is 0.0532. The van der Waals surface area contributed by atoms with Crippen molar-refractivity contribution in [2.24, 2.45) is 0 Å². The van der Waals surface area contributed by atoms with Gasteiger partial charge in [0.15, 0.2) is 11.6 Å². The van der Waals surface area contributed by atoms with Crippen molar-refractivity contribution in [1.82, 2.24) is 9.97 Å². The minimum atomic E-state index is -0.0846. The van der Waals surface area contributed by atoms with E-state index in [0.29, 0.717) is 12.4 Å². The normalized spacial score (nSPS) is 15.0. The number of aromatic nitrogens is 2. The van der Waals surface area contributed by atoms with Crippen LogP contribution in [0.2, 0.25) is 0 Å². The molecule has 0 bridgehead atoms. The quantitative estimate of drug-likeness (QED) is 0.836. The molecule has 2 aromatic rings. The van der Waals surface area contributed by atoms with E-state index in [1.807, 2.05) is 31.3 Å². The molecule has 0 N–H and O–H groups in total. The van der Waals surface area contributed by atoms with Crippen LogP contribution in [0.4, 0.5) is 11.6 Å². The van der Waals surface area contributed by atoms with Crippen LogP contribution in [0, 0.1) is 0 Å². The molecule has 1 aliphatic rings. The van der Waals surface area contributed by atoms with Gasteiger partial charge in [-0.15, -0.1) is 0 Å². The van der Waals surface area contributed by atoms with Gasteiger partial charge in [0, 0.05) is 27.2 Å². The molecule has 6 nitrogen and oxygen atoms in total. The van der Waals surface area contributed by atoms with Crippen molar-refractivity contribution < 1.29 is 9.53 Å². The Hall–Kier alpha value is -2.21. The van der Waals surface area contributed by atoms with E-state index in [0.717, 1.165) is 29.8 Å². The number of para-hydroxylation sites is 2. The maximum absolute atomic E-state index is 12.3. The van der Waals surface area contributed by atoms with Gasteiger partial charge in [0.05, 0.1) is 11.0 Å². The molecule has 0 atom stereocenters. The third-order valence-corrected chi connectivity index (χ3v) is 3.60. The van der Waals surface area contributed by atoms with Crippen LogP contribution < -0.4 is 9.80 Å². The molecule has 1 aliphatic heterocycles. The predicted molar refractivity (Wildman–Crippen MR) is 81.7 cm³/mol. The molecule has 1 aromatic carbocycles. The first-order valence-corrected chi connectivity index (χ1v) is 6.98. The molecular formula is C15H18N4O2. The summed E-state index contributed by atoms with van der Waals surface area (Å²) < 4.78 is 4.97. The van der Waals surface area contributed by atoms with Crippen LogP contribution in [0.5, 0.6) is 0 Å². The summed E-state index contributed by atoms with van der Waals surface area (Å²) in [6.07, 6.45) is 0.875. The number of hydrogen-bond donors (Lipinski definition) is 0. The van der Waals surface area contributed by atoms with Crippen molar-refractivity contribution in [3.05, 3.63) is 24.3 Å². The van der Waals surface area contributed by atoms with E-state index in [1.165, 1.54) is 7.11 Å². The van der Waals surface area contributed by atoms with Gasteiger partial charge in [-0.3, -0.25) is 9.69 Å². The molecule has 0 unspecified atom stereocenters. The number of carbonyl (C=O) groups is 1. The highest BCUT2D eigenvalue weighted by molar-refractivity contribution is 5.97. The van der Waals surface area contributed by atoms with E-state index in [1.54, 1.807) is 4.90 Å². The molecule has 1 amide bonds. The Morgan fingerprint density at radius 3 is 2.52 bits per heavy atom. The van der Waals surface area contributed by atoms with Crippen LogP contribution >= 0.6 is 0 Å². The maximum Gasteiger partial charge on any atom is 0.254 e. The zero-order valence-corrected chi connectivity index (χ0v) is 12.2. The summed E-state index contributed by atoms with van der Waals surface area (Å²) in [5.41, 5.74) is 1.63. The van der Waals surface area contributed by atoms with Gasteiger partial charge in [0.2, 0.25) is 0 Å². The molecule has 0 aliphatic carbocycles.